The lowest BCUT2D eigenvalue weighted by Crippen LogP contribution is -2.55. The van der Waals surface area contributed by atoms with Crippen LogP contribution in [-0.2, 0) is 22.1 Å². The summed E-state index contributed by atoms with van der Waals surface area (Å²) in [6.45, 7) is 6.44. The number of nitrogens with zero attached hydrogens (tertiary/aromatic N) is 3. The first kappa shape index (κ1) is 16.9. The van der Waals surface area contributed by atoms with Gasteiger partial charge in [0.15, 0.2) is 5.54 Å². The Morgan fingerprint density at radius 2 is 2.04 bits per heavy atom. The van der Waals surface area contributed by atoms with Crippen LogP contribution in [0.1, 0.15) is 32.0 Å². The molecule has 2 heterocycles. The van der Waals surface area contributed by atoms with Crippen molar-refractivity contribution in [1.29, 1.82) is 0 Å². The largest absolute Gasteiger partial charge is 0.443 e. The number of nitrogens with one attached hydrogen (secondary N) is 1. The Morgan fingerprint density at radius 3 is 2.48 bits per heavy atom. The molecule has 23 heavy (non-hydrogen) atoms. The van der Waals surface area contributed by atoms with E-state index < -0.39 is 29.2 Å². The van der Waals surface area contributed by atoms with Gasteiger partial charge in [-0.05, 0) is 27.7 Å². The maximum absolute atomic E-state index is 12.5. The standard InChI is InChI=1S/C14H21N5O4/c1-8-9(6-16-18(8)5)14(7-15)10(20)17-11(21)19(14)12(22)23-13(2,3)4/h6H,7,15H2,1-5H3,(H,17,20,21). The average Bonchev–Trinajstić information content (AvgIpc) is 2.86. The van der Waals surface area contributed by atoms with Crippen LogP contribution in [0.2, 0.25) is 0 Å². The molecule has 0 aromatic carbocycles. The average molecular weight is 323 g/mol. The van der Waals surface area contributed by atoms with Crippen molar-refractivity contribution in [3.05, 3.63) is 17.5 Å². The van der Waals surface area contributed by atoms with Crippen molar-refractivity contribution in [3.8, 4) is 0 Å². The number of rotatable bonds is 2. The first-order valence-electron chi connectivity index (χ1n) is 7.12. The molecule has 3 N–H and O–H groups in total. The highest BCUT2D eigenvalue weighted by atomic mass is 16.6. The monoisotopic (exact) mass is 323 g/mol. The number of ether oxygens (including phenoxy) is 1. The van der Waals surface area contributed by atoms with E-state index in [0.717, 1.165) is 4.90 Å². The Balaban J connectivity index is 2.58. The Hall–Kier alpha value is -2.42. The SMILES string of the molecule is Cc1c(C2(CN)C(=O)NC(=O)N2C(=O)OC(C)(C)C)cnn1C. The number of carbonyl (C=O) groups excluding carboxylic acids is 3. The Bertz CT molecular complexity index is 675. The lowest BCUT2D eigenvalue weighted by Gasteiger charge is -2.33. The number of imide groups is 2. The fourth-order valence-electron chi connectivity index (χ4n) is 2.52. The first-order valence-corrected chi connectivity index (χ1v) is 7.12. The van der Waals surface area contributed by atoms with Crippen LogP contribution >= 0.6 is 0 Å². The quantitative estimate of drug-likeness (QED) is 0.759. The number of hydrogen-bond acceptors (Lipinski definition) is 6. The molecule has 2 rings (SSSR count). The molecule has 0 aliphatic carbocycles. The third-order valence-electron chi connectivity index (χ3n) is 3.73. The van der Waals surface area contributed by atoms with Crippen LogP contribution in [0.4, 0.5) is 9.59 Å². The van der Waals surface area contributed by atoms with Gasteiger partial charge in [0.25, 0.3) is 5.91 Å². The highest BCUT2D eigenvalue weighted by molar-refractivity contribution is 6.13. The molecule has 9 heteroatoms. The van der Waals surface area contributed by atoms with Gasteiger partial charge in [-0.3, -0.25) is 14.8 Å². The fourth-order valence-corrected chi connectivity index (χ4v) is 2.52. The van der Waals surface area contributed by atoms with Gasteiger partial charge in [0, 0.05) is 24.8 Å². The molecule has 0 saturated carbocycles. The van der Waals surface area contributed by atoms with Crippen LogP contribution in [0.5, 0.6) is 0 Å². The van der Waals surface area contributed by atoms with Crippen molar-refractivity contribution in [2.75, 3.05) is 6.54 Å². The van der Waals surface area contributed by atoms with Crippen LogP contribution in [0, 0.1) is 6.92 Å². The maximum Gasteiger partial charge on any atom is 0.419 e. The van der Waals surface area contributed by atoms with E-state index in [1.165, 1.54) is 10.9 Å². The van der Waals surface area contributed by atoms with Gasteiger partial charge in [0.05, 0.1) is 6.20 Å². The zero-order valence-electron chi connectivity index (χ0n) is 13.8. The summed E-state index contributed by atoms with van der Waals surface area (Å²) in [5.74, 6) is -0.674. The second-order valence-electron chi connectivity index (χ2n) is 6.41. The van der Waals surface area contributed by atoms with Crippen LogP contribution in [0.15, 0.2) is 6.20 Å². The van der Waals surface area contributed by atoms with E-state index >= 15 is 0 Å². The zero-order chi connectivity index (χ0) is 17.6. The van der Waals surface area contributed by atoms with Gasteiger partial charge in [-0.15, -0.1) is 0 Å². The van der Waals surface area contributed by atoms with E-state index in [0.29, 0.717) is 11.3 Å². The number of urea groups is 1. The molecule has 0 radical (unpaired) electrons. The molecule has 4 amide bonds. The number of amides is 4. The smallest absolute Gasteiger partial charge is 0.419 e. The van der Waals surface area contributed by atoms with E-state index in [-0.39, 0.29) is 6.54 Å². The number of nitrogens with two attached hydrogens (primary N) is 1. The minimum atomic E-state index is -1.67. The van der Waals surface area contributed by atoms with Crippen LogP contribution in [-0.4, -0.2) is 44.9 Å². The van der Waals surface area contributed by atoms with E-state index in [9.17, 15) is 14.4 Å². The van der Waals surface area contributed by atoms with Crippen molar-refractivity contribution < 1.29 is 19.1 Å². The molecule has 1 fully saturated rings. The van der Waals surface area contributed by atoms with Crippen LogP contribution in [0.3, 0.4) is 0 Å². The molecule has 1 aromatic rings. The predicted octanol–water partition coefficient (Wildman–Crippen LogP) is 0.369. The topological polar surface area (TPSA) is 120 Å². The maximum atomic E-state index is 12.5. The van der Waals surface area contributed by atoms with Gasteiger partial charge in [0.1, 0.15) is 5.60 Å². The van der Waals surface area contributed by atoms with Crippen molar-refractivity contribution in [1.82, 2.24) is 20.0 Å². The van der Waals surface area contributed by atoms with Crippen molar-refractivity contribution in [2.45, 2.75) is 38.8 Å². The van der Waals surface area contributed by atoms with Gasteiger partial charge in [-0.1, -0.05) is 0 Å². The van der Waals surface area contributed by atoms with Gasteiger partial charge in [-0.2, -0.15) is 5.10 Å². The minimum absolute atomic E-state index is 0.281. The lowest BCUT2D eigenvalue weighted by atomic mass is 9.89. The van der Waals surface area contributed by atoms with Crippen LogP contribution in [0.25, 0.3) is 0 Å². The van der Waals surface area contributed by atoms with Gasteiger partial charge >= 0.3 is 12.1 Å². The molecule has 1 saturated heterocycles. The molecule has 1 aliphatic rings. The summed E-state index contributed by atoms with van der Waals surface area (Å²) in [6.07, 6.45) is 0.493. The fraction of sp³-hybridized carbons (Fsp3) is 0.571. The number of aromatic nitrogens is 2. The van der Waals surface area contributed by atoms with Crippen LogP contribution < -0.4 is 11.1 Å². The van der Waals surface area contributed by atoms with Crippen molar-refractivity contribution in [2.24, 2.45) is 12.8 Å². The first-order chi connectivity index (χ1) is 10.5. The van der Waals surface area contributed by atoms with Crippen molar-refractivity contribution in [3.63, 3.8) is 0 Å². The third kappa shape index (κ3) is 2.56. The highest BCUT2D eigenvalue weighted by Crippen LogP contribution is 2.35. The van der Waals surface area contributed by atoms with Crippen molar-refractivity contribution >= 4 is 18.0 Å². The molecular formula is C14H21N5O4. The van der Waals surface area contributed by atoms with Gasteiger partial charge in [0.2, 0.25) is 0 Å². The Morgan fingerprint density at radius 1 is 1.43 bits per heavy atom. The minimum Gasteiger partial charge on any atom is -0.443 e. The lowest BCUT2D eigenvalue weighted by molar-refractivity contribution is -0.126. The number of carbonyl (C=O) groups is 3. The molecule has 126 valence electrons. The van der Waals surface area contributed by atoms with Gasteiger partial charge in [-0.25, -0.2) is 14.5 Å². The number of hydrogen-bond donors (Lipinski definition) is 2. The summed E-state index contributed by atoms with van der Waals surface area (Å²) in [5.41, 5.74) is 4.33. The molecular weight excluding hydrogens is 302 g/mol. The normalized spacial score (nSPS) is 21.6. The molecule has 1 unspecified atom stereocenters. The van der Waals surface area contributed by atoms with E-state index in [4.69, 9.17) is 10.5 Å². The summed E-state index contributed by atoms with van der Waals surface area (Å²) in [5, 5.41) is 6.21. The molecule has 0 bridgehead atoms. The van der Waals surface area contributed by atoms with E-state index in [2.05, 4.69) is 10.4 Å². The second kappa shape index (κ2) is 5.34. The summed E-state index contributed by atoms with van der Waals surface area (Å²) in [4.78, 5) is 37.9. The predicted molar refractivity (Wildman–Crippen MR) is 80.3 cm³/mol. The van der Waals surface area contributed by atoms with E-state index in [1.54, 1.807) is 34.7 Å². The summed E-state index contributed by atoms with van der Waals surface area (Å²) >= 11 is 0. The third-order valence-corrected chi connectivity index (χ3v) is 3.73. The molecule has 0 spiro atoms. The molecule has 1 atom stereocenters. The number of aryl methyl sites for hydroxylation is 1. The highest BCUT2D eigenvalue weighted by Gasteiger charge is 2.58. The summed E-state index contributed by atoms with van der Waals surface area (Å²) < 4.78 is 6.79. The summed E-state index contributed by atoms with van der Waals surface area (Å²) in [7, 11) is 1.69. The molecule has 1 aromatic heterocycles. The van der Waals surface area contributed by atoms with Gasteiger partial charge < -0.3 is 10.5 Å². The second-order valence-corrected chi connectivity index (χ2v) is 6.41. The molecule has 9 nitrogen and oxygen atoms in total. The molecule has 1 aliphatic heterocycles. The Labute approximate surface area is 133 Å². The Kier molecular flexibility index (Phi) is 3.93. The van der Waals surface area contributed by atoms with E-state index in [1.807, 2.05) is 0 Å². The summed E-state index contributed by atoms with van der Waals surface area (Å²) in [6, 6.07) is -0.863. The zero-order valence-corrected chi connectivity index (χ0v) is 13.8.